The zero-order chi connectivity index (χ0) is 22.9. The summed E-state index contributed by atoms with van der Waals surface area (Å²) in [6.07, 6.45) is 3.45. The molecule has 0 spiro atoms. The molecule has 1 atom stereocenters. The fraction of sp³-hybridized carbons (Fsp3) is 0.167. The van der Waals surface area contributed by atoms with Crippen molar-refractivity contribution in [3.05, 3.63) is 84.6 Å². The van der Waals surface area contributed by atoms with E-state index >= 15 is 0 Å². The number of pyridine rings is 1. The predicted molar refractivity (Wildman–Crippen MR) is 126 cm³/mol. The van der Waals surface area contributed by atoms with Gasteiger partial charge in [-0.25, -0.2) is 19.5 Å². The number of aromatic nitrogens is 1. The third kappa shape index (κ3) is 5.53. The van der Waals surface area contributed by atoms with Gasteiger partial charge < -0.3 is 5.11 Å². The number of thioether (sulfide) groups is 1. The standard InChI is InChI=1S/C24H23N3O4S/c1-32-16-14-20(23(29)30)27(24(31)26-21-13-7-8-15-25-21)22(28)19-12-6-5-11-18(19)17-9-3-2-4-10-17/h2-13,15,20H,14,16H2,1H3,(H,29,30)(H,25,26,31)/t20-/m0/s1. The van der Waals surface area contributed by atoms with E-state index in [0.29, 0.717) is 11.3 Å². The maximum absolute atomic E-state index is 13.7. The highest BCUT2D eigenvalue weighted by atomic mass is 32.2. The van der Waals surface area contributed by atoms with Crippen LogP contribution in [-0.2, 0) is 4.79 Å². The van der Waals surface area contributed by atoms with Crippen molar-refractivity contribution in [2.45, 2.75) is 12.5 Å². The van der Waals surface area contributed by atoms with Gasteiger partial charge in [0, 0.05) is 11.8 Å². The molecule has 0 fully saturated rings. The number of anilines is 1. The highest BCUT2D eigenvalue weighted by Crippen LogP contribution is 2.26. The van der Waals surface area contributed by atoms with Crippen molar-refractivity contribution < 1.29 is 19.5 Å². The minimum atomic E-state index is -1.33. The number of urea groups is 1. The van der Waals surface area contributed by atoms with Gasteiger partial charge in [-0.3, -0.25) is 10.1 Å². The van der Waals surface area contributed by atoms with Crippen LogP contribution >= 0.6 is 11.8 Å². The first-order valence-corrected chi connectivity index (χ1v) is 11.3. The van der Waals surface area contributed by atoms with Gasteiger partial charge in [-0.05, 0) is 47.8 Å². The van der Waals surface area contributed by atoms with Gasteiger partial charge in [-0.2, -0.15) is 11.8 Å². The second-order valence-corrected chi connectivity index (χ2v) is 7.85. The summed E-state index contributed by atoms with van der Waals surface area (Å²) in [5.41, 5.74) is 1.64. The molecule has 0 aliphatic carbocycles. The summed E-state index contributed by atoms with van der Waals surface area (Å²) >= 11 is 1.44. The van der Waals surface area contributed by atoms with E-state index in [9.17, 15) is 19.5 Å². The van der Waals surface area contributed by atoms with Gasteiger partial charge in [0.15, 0.2) is 0 Å². The topological polar surface area (TPSA) is 99.6 Å². The van der Waals surface area contributed by atoms with Crippen LogP contribution in [0.1, 0.15) is 16.8 Å². The Balaban J connectivity index is 2.04. The lowest BCUT2D eigenvalue weighted by molar-refractivity contribution is -0.141. The zero-order valence-corrected chi connectivity index (χ0v) is 18.3. The quantitative estimate of drug-likeness (QED) is 0.520. The molecular formula is C24H23N3O4S. The summed E-state index contributed by atoms with van der Waals surface area (Å²) in [7, 11) is 0. The fourth-order valence-corrected chi connectivity index (χ4v) is 3.70. The summed E-state index contributed by atoms with van der Waals surface area (Å²) in [4.78, 5) is 43.7. The minimum absolute atomic E-state index is 0.116. The Morgan fingerprint density at radius 3 is 2.34 bits per heavy atom. The van der Waals surface area contributed by atoms with Crippen LogP contribution in [0.4, 0.5) is 10.6 Å². The Bertz CT molecular complexity index is 1080. The molecule has 0 bridgehead atoms. The van der Waals surface area contributed by atoms with Gasteiger partial charge in [0.1, 0.15) is 11.9 Å². The number of hydrogen-bond donors (Lipinski definition) is 2. The third-order valence-corrected chi connectivity index (χ3v) is 5.42. The van der Waals surface area contributed by atoms with Gasteiger partial charge in [0.25, 0.3) is 5.91 Å². The average molecular weight is 450 g/mol. The number of nitrogens with zero attached hydrogens (tertiary/aromatic N) is 2. The number of carboxylic acid groups (broad SMARTS) is 1. The number of aliphatic carboxylic acids is 1. The second kappa shape index (κ2) is 11.1. The van der Waals surface area contributed by atoms with Crippen LogP contribution in [-0.4, -0.2) is 50.9 Å². The maximum Gasteiger partial charge on any atom is 0.330 e. The number of hydrogen-bond acceptors (Lipinski definition) is 5. The summed E-state index contributed by atoms with van der Waals surface area (Å²) in [5.74, 6) is -1.24. The Hall–Kier alpha value is -3.65. The molecule has 0 saturated heterocycles. The summed E-state index contributed by atoms with van der Waals surface area (Å²) in [6, 6.07) is 18.9. The highest BCUT2D eigenvalue weighted by molar-refractivity contribution is 7.98. The molecule has 0 radical (unpaired) electrons. The molecular weight excluding hydrogens is 426 g/mol. The van der Waals surface area contributed by atoms with Gasteiger partial charge in [-0.15, -0.1) is 0 Å². The number of amides is 3. The van der Waals surface area contributed by atoms with Crippen molar-refractivity contribution in [1.82, 2.24) is 9.88 Å². The lowest BCUT2D eigenvalue weighted by Crippen LogP contribution is -2.51. The van der Waals surface area contributed by atoms with E-state index in [0.717, 1.165) is 10.5 Å². The predicted octanol–water partition coefficient (Wildman–Crippen LogP) is 4.63. The van der Waals surface area contributed by atoms with E-state index < -0.39 is 23.9 Å². The van der Waals surface area contributed by atoms with Crippen molar-refractivity contribution in [3.8, 4) is 11.1 Å². The number of rotatable bonds is 8. The Kier molecular flexibility index (Phi) is 7.99. The average Bonchev–Trinajstić information content (AvgIpc) is 2.82. The molecule has 32 heavy (non-hydrogen) atoms. The van der Waals surface area contributed by atoms with Crippen LogP contribution in [0.3, 0.4) is 0 Å². The molecule has 0 unspecified atom stereocenters. The Labute approximate surface area is 190 Å². The van der Waals surface area contributed by atoms with Crippen LogP contribution < -0.4 is 5.32 Å². The number of nitrogens with one attached hydrogen (secondary N) is 1. The molecule has 2 aromatic carbocycles. The van der Waals surface area contributed by atoms with E-state index in [1.165, 1.54) is 18.0 Å². The third-order valence-electron chi connectivity index (χ3n) is 4.77. The lowest BCUT2D eigenvalue weighted by Gasteiger charge is -2.28. The van der Waals surface area contributed by atoms with Crippen molar-refractivity contribution in [1.29, 1.82) is 0 Å². The van der Waals surface area contributed by atoms with Crippen molar-refractivity contribution >= 4 is 35.5 Å². The summed E-state index contributed by atoms with van der Waals surface area (Å²) in [5, 5.41) is 12.4. The van der Waals surface area contributed by atoms with E-state index in [4.69, 9.17) is 0 Å². The van der Waals surface area contributed by atoms with E-state index in [1.807, 2.05) is 36.6 Å². The van der Waals surface area contributed by atoms with Crippen LogP contribution in [0.15, 0.2) is 79.0 Å². The van der Waals surface area contributed by atoms with Gasteiger partial charge in [0.2, 0.25) is 0 Å². The van der Waals surface area contributed by atoms with E-state index in [-0.39, 0.29) is 17.8 Å². The SMILES string of the molecule is CSCC[C@@H](C(=O)O)N(C(=O)Nc1ccccn1)C(=O)c1ccccc1-c1ccccc1. The highest BCUT2D eigenvalue weighted by Gasteiger charge is 2.36. The number of benzene rings is 2. The first-order chi connectivity index (χ1) is 15.5. The smallest absolute Gasteiger partial charge is 0.330 e. The molecule has 0 aliphatic rings. The van der Waals surface area contributed by atoms with Crippen LogP contribution in [0, 0.1) is 0 Å². The largest absolute Gasteiger partial charge is 0.480 e. The number of imide groups is 1. The molecule has 7 nitrogen and oxygen atoms in total. The molecule has 0 aliphatic heterocycles. The molecule has 2 N–H and O–H groups in total. The first kappa shape index (κ1) is 23.0. The monoisotopic (exact) mass is 449 g/mol. The molecule has 164 valence electrons. The Morgan fingerprint density at radius 1 is 1.00 bits per heavy atom. The number of carbonyl (C=O) groups excluding carboxylic acids is 2. The maximum atomic E-state index is 13.7. The molecule has 3 aromatic rings. The normalized spacial score (nSPS) is 11.4. The number of carbonyl (C=O) groups is 3. The Morgan fingerprint density at radius 2 is 1.69 bits per heavy atom. The van der Waals surface area contributed by atoms with Crippen molar-refractivity contribution in [3.63, 3.8) is 0 Å². The lowest BCUT2D eigenvalue weighted by atomic mass is 9.98. The zero-order valence-electron chi connectivity index (χ0n) is 17.5. The van der Waals surface area contributed by atoms with E-state index in [1.54, 1.807) is 42.5 Å². The molecule has 1 aromatic heterocycles. The molecule has 3 amide bonds. The van der Waals surface area contributed by atoms with E-state index in [2.05, 4.69) is 10.3 Å². The first-order valence-electron chi connectivity index (χ1n) is 9.94. The van der Waals surface area contributed by atoms with Crippen LogP contribution in [0.5, 0.6) is 0 Å². The summed E-state index contributed by atoms with van der Waals surface area (Å²) in [6.45, 7) is 0. The molecule has 0 saturated carbocycles. The van der Waals surface area contributed by atoms with Gasteiger partial charge in [-0.1, -0.05) is 54.6 Å². The van der Waals surface area contributed by atoms with Crippen molar-refractivity contribution in [2.24, 2.45) is 0 Å². The van der Waals surface area contributed by atoms with Gasteiger partial charge >= 0.3 is 12.0 Å². The van der Waals surface area contributed by atoms with Crippen LogP contribution in [0.25, 0.3) is 11.1 Å². The number of carboxylic acids is 1. The fourth-order valence-electron chi connectivity index (χ4n) is 3.24. The van der Waals surface area contributed by atoms with Crippen LogP contribution in [0.2, 0.25) is 0 Å². The van der Waals surface area contributed by atoms with Crippen molar-refractivity contribution in [2.75, 3.05) is 17.3 Å². The second-order valence-electron chi connectivity index (χ2n) is 6.87. The minimum Gasteiger partial charge on any atom is -0.480 e. The molecule has 3 rings (SSSR count). The summed E-state index contributed by atoms with van der Waals surface area (Å²) < 4.78 is 0. The van der Waals surface area contributed by atoms with Gasteiger partial charge in [0.05, 0.1) is 0 Å². The molecule has 8 heteroatoms. The molecule has 1 heterocycles.